The number of carbonyl (C=O) groups excluding carboxylic acids is 2. The topological polar surface area (TPSA) is 64.4 Å². The number of esters is 1. The summed E-state index contributed by atoms with van der Waals surface area (Å²) in [4.78, 5) is 31.4. The molecule has 0 bridgehead atoms. The fourth-order valence-corrected chi connectivity index (χ4v) is 4.60. The molecule has 1 aliphatic heterocycles. The summed E-state index contributed by atoms with van der Waals surface area (Å²) < 4.78 is 7.63. The first-order valence-corrected chi connectivity index (χ1v) is 12.0. The Morgan fingerprint density at radius 1 is 1.00 bits per heavy atom. The molecule has 1 atom stereocenters. The largest absolute Gasteiger partial charge is 0.447 e. The molecule has 1 aliphatic rings. The lowest BCUT2D eigenvalue weighted by atomic mass is 9.95. The molecule has 1 aromatic heterocycles. The van der Waals surface area contributed by atoms with Crippen LogP contribution in [0.2, 0.25) is 0 Å². The van der Waals surface area contributed by atoms with E-state index in [9.17, 15) is 9.59 Å². The van der Waals surface area contributed by atoms with Crippen LogP contribution >= 0.6 is 0 Å². The second-order valence-electron chi connectivity index (χ2n) is 9.31. The molecule has 0 saturated carbocycles. The van der Waals surface area contributed by atoms with Gasteiger partial charge in [0.2, 0.25) is 6.10 Å². The molecule has 0 N–H and O–H groups in total. The Balaban J connectivity index is 1.40. The van der Waals surface area contributed by atoms with E-state index in [1.807, 2.05) is 47.6 Å². The van der Waals surface area contributed by atoms with E-state index in [0.29, 0.717) is 24.6 Å². The molecule has 6 heteroatoms. The molecule has 1 amide bonds. The third kappa shape index (κ3) is 5.56. The van der Waals surface area contributed by atoms with Crippen LogP contribution in [-0.4, -0.2) is 39.4 Å². The van der Waals surface area contributed by atoms with E-state index in [2.05, 4.69) is 47.7 Å². The summed E-state index contributed by atoms with van der Waals surface area (Å²) in [5.41, 5.74) is 3.29. The van der Waals surface area contributed by atoms with Crippen LogP contribution < -0.4 is 0 Å². The fourth-order valence-electron chi connectivity index (χ4n) is 4.60. The summed E-state index contributed by atoms with van der Waals surface area (Å²) in [5.74, 6) is 1.26. The lowest BCUT2D eigenvalue weighted by Crippen LogP contribution is -2.42. The molecule has 1 saturated heterocycles. The van der Waals surface area contributed by atoms with Crippen LogP contribution in [0.4, 0.5) is 0 Å². The highest BCUT2D eigenvalue weighted by atomic mass is 16.5. The highest BCUT2D eigenvalue weighted by molar-refractivity contribution is 5.84. The van der Waals surface area contributed by atoms with Crippen LogP contribution in [0, 0.1) is 0 Å². The van der Waals surface area contributed by atoms with E-state index < -0.39 is 12.1 Å². The smallest absolute Gasteiger partial charge is 0.303 e. The first kappa shape index (κ1) is 23.7. The van der Waals surface area contributed by atoms with E-state index in [0.717, 1.165) is 25.2 Å². The number of hydrogen-bond acceptors (Lipinski definition) is 4. The minimum atomic E-state index is -0.897. The van der Waals surface area contributed by atoms with Gasteiger partial charge in [-0.25, -0.2) is 4.98 Å². The number of carbonyl (C=O) groups is 2. The van der Waals surface area contributed by atoms with Crippen molar-refractivity contribution in [3.63, 3.8) is 0 Å². The molecule has 1 fully saturated rings. The third-order valence-electron chi connectivity index (χ3n) is 6.53. The number of aromatic nitrogens is 2. The number of likely N-dealkylation sites (tertiary alicyclic amines) is 1. The van der Waals surface area contributed by atoms with E-state index >= 15 is 0 Å². The first-order valence-electron chi connectivity index (χ1n) is 12.0. The quantitative estimate of drug-likeness (QED) is 0.463. The Morgan fingerprint density at radius 3 is 2.29 bits per heavy atom. The number of rotatable bonds is 7. The van der Waals surface area contributed by atoms with Crippen molar-refractivity contribution < 1.29 is 14.3 Å². The van der Waals surface area contributed by atoms with E-state index in [1.165, 1.54) is 18.1 Å². The number of amides is 1. The number of benzene rings is 2. The van der Waals surface area contributed by atoms with Gasteiger partial charge < -0.3 is 14.2 Å². The van der Waals surface area contributed by atoms with Gasteiger partial charge in [-0.3, -0.25) is 9.59 Å². The van der Waals surface area contributed by atoms with Gasteiger partial charge in [-0.05, 0) is 29.9 Å². The number of piperidine rings is 1. The summed E-state index contributed by atoms with van der Waals surface area (Å²) in [7, 11) is 0. The molecule has 4 rings (SSSR count). The first-order chi connectivity index (χ1) is 16.4. The summed E-state index contributed by atoms with van der Waals surface area (Å²) in [6, 6.07) is 18.0. The van der Waals surface area contributed by atoms with Crippen LogP contribution in [0.5, 0.6) is 0 Å². The summed E-state index contributed by atoms with van der Waals surface area (Å²) >= 11 is 0. The maximum atomic E-state index is 13.2. The number of imidazole rings is 1. The van der Waals surface area contributed by atoms with Gasteiger partial charge in [0.1, 0.15) is 5.82 Å². The van der Waals surface area contributed by atoms with Crippen LogP contribution in [0.1, 0.15) is 74.1 Å². The van der Waals surface area contributed by atoms with Gasteiger partial charge in [-0.2, -0.15) is 0 Å². The second-order valence-corrected chi connectivity index (χ2v) is 9.31. The molecule has 0 spiro atoms. The molecule has 6 nitrogen and oxygen atoms in total. The van der Waals surface area contributed by atoms with Crippen LogP contribution in [-0.2, 0) is 20.9 Å². The average molecular weight is 460 g/mol. The maximum absolute atomic E-state index is 13.2. The van der Waals surface area contributed by atoms with E-state index in [-0.39, 0.29) is 11.8 Å². The minimum Gasteiger partial charge on any atom is -0.447 e. The normalized spacial score (nSPS) is 15.4. The zero-order valence-electron chi connectivity index (χ0n) is 20.2. The Hall–Kier alpha value is -3.41. The zero-order chi connectivity index (χ0) is 24.1. The van der Waals surface area contributed by atoms with E-state index in [1.54, 1.807) is 0 Å². The summed E-state index contributed by atoms with van der Waals surface area (Å²) in [5, 5.41) is 0. The predicted molar refractivity (Wildman–Crippen MR) is 131 cm³/mol. The molecule has 2 heterocycles. The van der Waals surface area contributed by atoms with Gasteiger partial charge in [0.25, 0.3) is 5.91 Å². The van der Waals surface area contributed by atoms with Gasteiger partial charge in [0.05, 0.1) is 0 Å². The van der Waals surface area contributed by atoms with Crippen molar-refractivity contribution in [2.45, 2.75) is 58.1 Å². The van der Waals surface area contributed by atoms with Gasteiger partial charge in [0, 0.05) is 50.4 Å². The summed E-state index contributed by atoms with van der Waals surface area (Å²) in [6.45, 7) is 7.76. The number of ether oxygens (including phenoxy) is 1. The molecule has 178 valence electrons. The van der Waals surface area contributed by atoms with Crippen LogP contribution in [0.3, 0.4) is 0 Å². The van der Waals surface area contributed by atoms with Crippen LogP contribution in [0.15, 0.2) is 67.0 Å². The van der Waals surface area contributed by atoms with Crippen molar-refractivity contribution in [2.75, 3.05) is 13.1 Å². The molecule has 0 aliphatic carbocycles. The molecular weight excluding hydrogens is 426 g/mol. The van der Waals surface area contributed by atoms with Crippen molar-refractivity contribution in [1.29, 1.82) is 0 Å². The van der Waals surface area contributed by atoms with Gasteiger partial charge in [0.15, 0.2) is 0 Å². The van der Waals surface area contributed by atoms with Crippen molar-refractivity contribution in [3.8, 4) is 0 Å². The fraction of sp³-hybridized carbons (Fsp3) is 0.393. The van der Waals surface area contributed by atoms with E-state index in [4.69, 9.17) is 4.74 Å². The number of hydrogen-bond donors (Lipinski definition) is 0. The summed E-state index contributed by atoms with van der Waals surface area (Å²) in [6.07, 6.45) is 4.66. The minimum absolute atomic E-state index is 0.159. The Labute approximate surface area is 201 Å². The van der Waals surface area contributed by atoms with Crippen molar-refractivity contribution in [1.82, 2.24) is 14.5 Å². The van der Waals surface area contributed by atoms with Crippen molar-refractivity contribution in [3.05, 3.63) is 89.5 Å². The highest BCUT2D eigenvalue weighted by Gasteiger charge is 2.32. The molecular formula is C28H33N3O3. The predicted octanol–water partition coefficient (Wildman–Crippen LogP) is 5.07. The Kier molecular flexibility index (Phi) is 7.46. The lowest BCUT2D eigenvalue weighted by molar-refractivity contribution is -0.159. The maximum Gasteiger partial charge on any atom is 0.303 e. The second kappa shape index (κ2) is 10.7. The van der Waals surface area contributed by atoms with Gasteiger partial charge in [-0.15, -0.1) is 0 Å². The lowest BCUT2D eigenvalue weighted by Gasteiger charge is -2.34. The average Bonchev–Trinajstić information content (AvgIpc) is 3.31. The van der Waals surface area contributed by atoms with Crippen molar-refractivity contribution >= 4 is 11.9 Å². The van der Waals surface area contributed by atoms with Gasteiger partial charge >= 0.3 is 5.97 Å². The van der Waals surface area contributed by atoms with Crippen molar-refractivity contribution in [2.24, 2.45) is 0 Å². The van der Waals surface area contributed by atoms with Crippen LogP contribution in [0.25, 0.3) is 0 Å². The monoisotopic (exact) mass is 459 g/mol. The standard InChI is InChI=1S/C28H33N3O3/c1-20(2)23-11-9-22(10-12-23)19-31-18-15-29-27(31)25-13-16-30(17-14-25)28(33)26(34-21(3)32)24-7-5-4-6-8-24/h4-12,15,18,20,25-26H,13-14,16-17,19H2,1-3H3. The molecule has 2 aromatic carbocycles. The molecule has 1 unspecified atom stereocenters. The zero-order valence-corrected chi connectivity index (χ0v) is 20.2. The molecule has 0 radical (unpaired) electrons. The Bertz CT molecular complexity index is 1100. The number of nitrogens with zero attached hydrogens (tertiary/aromatic N) is 3. The third-order valence-corrected chi connectivity index (χ3v) is 6.53. The Morgan fingerprint density at radius 2 is 1.68 bits per heavy atom. The molecule has 3 aromatic rings. The highest BCUT2D eigenvalue weighted by Crippen LogP contribution is 2.30. The van der Waals surface area contributed by atoms with Gasteiger partial charge in [-0.1, -0.05) is 68.4 Å². The molecule has 34 heavy (non-hydrogen) atoms. The SMILES string of the molecule is CC(=O)OC(C(=O)N1CCC(c2nccn2Cc2ccc(C(C)C)cc2)CC1)c1ccccc1.